The SMILES string of the molecule is Cc1ccc2oc(C3(O)CCSC3)cc2c1. The predicted octanol–water partition coefficient (Wildman–Crippen LogP) is 3.07. The number of hydrogen-bond acceptors (Lipinski definition) is 3. The van der Waals surface area contributed by atoms with Gasteiger partial charge in [-0.1, -0.05) is 11.6 Å². The Morgan fingerprint density at radius 2 is 2.25 bits per heavy atom. The van der Waals surface area contributed by atoms with Crippen molar-refractivity contribution in [1.29, 1.82) is 0 Å². The van der Waals surface area contributed by atoms with Crippen molar-refractivity contribution in [3.05, 3.63) is 35.6 Å². The summed E-state index contributed by atoms with van der Waals surface area (Å²) in [6.07, 6.45) is 0.788. The van der Waals surface area contributed by atoms with Crippen LogP contribution in [0.3, 0.4) is 0 Å². The Bertz CT molecular complexity index is 524. The Hall–Kier alpha value is -0.930. The van der Waals surface area contributed by atoms with Gasteiger partial charge in [0.05, 0.1) is 0 Å². The summed E-state index contributed by atoms with van der Waals surface area (Å²) in [5.74, 6) is 2.47. The second-order valence-electron chi connectivity index (χ2n) is 4.49. The zero-order valence-electron chi connectivity index (χ0n) is 9.19. The molecule has 2 aromatic rings. The number of benzene rings is 1. The van der Waals surface area contributed by atoms with Crippen molar-refractivity contribution in [3.63, 3.8) is 0 Å². The Morgan fingerprint density at radius 3 is 3.00 bits per heavy atom. The fraction of sp³-hybridized carbons (Fsp3) is 0.385. The third-order valence-corrected chi connectivity index (χ3v) is 4.31. The van der Waals surface area contributed by atoms with E-state index in [4.69, 9.17) is 4.42 Å². The molecule has 0 radical (unpaired) electrons. The number of aryl methyl sites for hydroxylation is 1. The molecule has 3 heteroatoms. The first kappa shape index (κ1) is 10.2. The molecule has 1 unspecified atom stereocenters. The van der Waals surface area contributed by atoms with Gasteiger partial charge in [-0.2, -0.15) is 11.8 Å². The van der Waals surface area contributed by atoms with E-state index in [1.807, 2.05) is 18.2 Å². The van der Waals surface area contributed by atoms with E-state index >= 15 is 0 Å². The maximum Gasteiger partial charge on any atom is 0.137 e. The standard InChI is InChI=1S/C13H14O2S/c1-9-2-3-11-10(6-9)7-12(15-11)13(14)4-5-16-8-13/h2-3,6-7,14H,4-5,8H2,1H3. The molecule has 0 aliphatic carbocycles. The maximum atomic E-state index is 10.4. The van der Waals surface area contributed by atoms with Crippen molar-refractivity contribution in [2.75, 3.05) is 11.5 Å². The number of thioether (sulfide) groups is 1. The summed E-state index contributed by atoms with van der Waals surface area (Å²) in [7, 11) is 0. The Balaban J connectivity index is 2.11. The van der Waals surface area contributed by atoms with Crippen LogP contribution in [0.5, 0.6) is 0 Å². The minimum atomic E-state index is -0.752. The molecule has 0 amide bonds. The molecule has 1 saturated heterocycles. The number of furan rings is 1. The van der Waals surface area contributed by atoms with Crippen molar-refractivity contribution >= 4 is 22.7 Å². The van der Waals surface area contributed by atoms with Gasteiger partial charge in [-0.3, -0.25) is 0 Å². The van der Waals surface area contributed by atoms with Gasteiger partial charge >= 0.3 is 0 Å². The zero-order valence-corrected chi connectivity index (χ0v) is 10.0. The van der Waals surface area contributed by atoms with E-state index in [2.05, 4.69) is 13.0 Å². The number of fused-ring (bicyclic) bond motifs is 1. The topological polar surface area (TPSA) is 33.4 Å². The molecule has 2 nitrogen and oxygen atoms in total. The molecule has 2 heterocycles. The normalized spacial score (nSPS) is 25.4. The van der Waals surface area contributed by atoms with Gasteiger partial charge in [0, 0.05) is 11.1 Å². The highest BCUT2D eigenvalue weighted by molar-refractivity contribution is 7.99. The lowest BCUT2D eigenvalue weighted by Gasteiger charge is -2.17. The summed E-state index contributed by atoms with van der Waals surface area (Å²) >= 11 is 1.78. The molecule has 1 aliphatic rings. The van der Waals surface area contributed by atoms with E-state index in [-0.39, 0.29) is 0 Å². The largest absolute Gasteiger partial charge is 0.458 e. The van der Waals surface area contributed by atoms with Crippen molar-refractivity contribution in [3.8, 4) is 0 Å². The summed E-state index contributed by atoms with van der Waals surface area (Å²) in [6, 6.07) is 8.07. The van der Waals surface area contributed by atoms with E-state index in [1.54, 1.807) is 11.8 Å². The minimum Gasteiger partial charge on any atom is -0.458 e. The molecule has 1 aromatic heterocycles. The summed E-state index contributed by atoms with van der Waals surface area (Å²) < 4.78 is 5.75. The third kappa shape index (κ3) is 1.55. The Morgan fingerprint density at radius 1 is 1.38 bits per heavy atom. The van der Waals surface area contributed by atoms with E-state index in [0.29, 0.717) is 0 Å². The van der Waals surface area contributed by atoms with Gasteiger partial charge in [-0.05, 0) is 37.3 Å². The van der Waals surface area contributed by atoms with Crippen molar-refractivity contribution in [2.24, 2.45) is 0 Å². The first-order chi connectivity index (χ1) is 7.67. The second-order valence-corrected chi connectivity index (χ2v) is 5.59. The molecule has 0 bridgehead atoms. The summed E-state index contributed by atoms with van der Waals surface area (Å²) in [5, 5.41) is 11.5. The first-order valence-corrected chi connectivity index (χ1v) is 6.64. The van der Waals surface area contributed by atoms with Crippen LogP contribution in [0.1, 0.15) is 17.7 Å². The quantitative estimate of drug-likeness (QED) is 0.823. The van der Waals surface area contributed by atoms with Gasteiger partial charge in [0.2, 0.25) is 0 Å². The van der Waals surface area contributed by atoms with Crippen molar-refractivity contribution in [1.82, 2.24) is 0 Å². The van der Waals surface area contributed by atoms with Crippen LogP contribution in [0.15, 0.2) is 28.7 Å². The summed E-state index contributed by atoms with van der Waals surface area (Å²) in [5.41, 5.74) is 1.33. The van der Waals surface area contributed by atoms with Crippen molar-refractivity contribution in [2.45, 2.75) is 18.9 Å². The lowest BCUT2D eigenvalue weighted by Crippen LogP contribution is -2.23. The lowest BCUT2D eigenvalue weighted by atomic mass is 10.0. The molecule has 16 heavy (non-hydrogen) atoms. The highest BCUT2D eigenvalue weighted by Gasteiger charge is 2.36. The van der Waals surface area contributed by atoms with Gasteiger partial charge in [0.1, 0.15) is 16.9 Å². The minimum absolute atomic E-state index is 0.720. The summed E-state index contributed by atoms with van der Waals surface area (Å²) in [6.45, 7) is 2.06. The van der Waals surface area contributed by atoms with Gasteiger partial charge in [-0.15, -0.1) is 0 Å². The average molecular weight is 234 g/mol. The lowest BCUT2D eigenvalue weighted by molar-refractivity contribution is 0.0438. The fourth-order valence-corrected chi connectivity index (χ4v) is 3.39. The maximum absolute atomic E-state index is 10.4. The van der Waals surface area contributed by atoms with Crippen LogP contribution in [-0.4, -0.2) is 16.6 Å². The van der Waals surface area contributed by atoms with Crippen LogP contribution >= 0.6 is 11.8 Å². The van der Waals surface area contributed by atoms with E-state index < -0.39 is 5.60 Å². The second kappa shape index (κ2) is 3.54. The van der Waals surface area contributed by atoms with Gasteiger partial charge in [0.25, 0.3) is 0 Å². The number of hydrogen-bond donors (Lipinski definition) is 1. The van der Waals surface area contributed by atoms with Crippen LogP contribution in [0.4, 0.5) is 0 Å². The van der Waals surface area contributed by atoms with Crippen LogP contribution in [0.2, 0.25) is 0 Å². The molecule has 84 valence electrons. The van der Waals surface area contributed by atoms with Crippen LogP contribution < -0.4 is 0 Å². The van der Waals surface area contributed by atoms with E-state index in [1.165, 1.54) is 5.56 Å². The van der Waals surface area contributed by atoms with E-state index in [9.17, 15) is 5.11 Å². The highest BCUT2D eigenvalue weighted by atomic mass is 32.2. The molecule has 1 aromatic carbocycles. The van der Waals surface area contributed by atoms with E-state index in [0.717, 1.165) is 34.7 Å². The molecule has 1 atom stereocenters. The van der Waals surface area contributed by atoms with Crippen LogP contribution in [0, 0.1) is 6.92 Å². The number of rotatable bonds is 1. The zero-order chi connectivity index (χ0) is 11.2. The molecule has 0 spiro atoms. The third-order valence-electron chi connectivity index (χ3n) is 3.13. The molecule has 1 N–H and O–H groups in total. The Kier molecular flexibility index (Phi) is 2.26. The smallest absolute Gasteiger partial charge is 0.137 e. The molecule has 1 aliphatic heterocycles. The van der Waals surface area contributed by atoms with Gasteiger partial charge in [0.15, 0.2) is 0 Å². The molecular weight excluding hydrogens is 220 g/mol. The summed E-state index contributed by atoms with van der Waals surface area (Å²) in [4.78, 5) is 0. The molecular formula is C13H14O2S. The average Bonchev–Trinajstić information content (AvgIpc) is 2.84. The fourth-order valence-electron chi connectivity index (χ4n) is 2.14. The monoisotopic (exact) mass is 234 g/mol. The van der Waals surface area contributed by atoms with Crippen LogP contribution in [0.25, 0.3) is 11.0 Å². The Labute approximate surface area is 98.6 Å². The molecule has 0 saturated carbocycles. The molecule has 3 rings (SSSR count). The van der Waals surface area contributed by atoms with Gasteiger partial charge in [-0.25, -0.2) is 0 Å². The van der Waals surface area contributed by atoms with Crippen molar-refractivity contribution < 1.29 is 9.52 Å². The van der Waals surface area contributed by atoms with Gasteiger partial charge < -0.3 is 9.52 Å². The first-order valence-electron chi connectivity index (χ1n) is 5.48. The number of aliphatic hydroxyl groups is 1. The predicted molar refractivity (Wildman–Crippen MR) is 66.8 cm³/mol. The molecule has 1 fully saturated rings. The van der Waals surface area contributed by atoms with Crippen LogP contribution in [-0.2, 0) is 5.60 Å². The highest BCUT2D eigenvalue weighted by Crippen LogP contribution is 2.39.